The predicted molar refractivity (Wildman–Crippen MR) is 78.0 cm³/mol. The fourth-order valence-corrected chi connectivity index (χ4v) is 4.59. The quantitative estimate of drug-likeness (QED) is 0.851. The van der Waals surface area contributed by atoms with E-state index in [1.807, 2.05) is 0 Å². The summed E-state index contributed by atoms with van der Waals surface area (Å²) in [5.74, 6) is 2.53. The molecule has 1 saturated carbocycles. The van der Waals surface area contributed by atoms with Crippen molar-refractivity contribution in [3.8, 4) is 0 Å². The van der Waals surface area contributed by atoms with Gasteiger partial charge in [0.1, 0.15) is 0 Å². The van der Waals surface area contributed by atoms with Gasteiger partial charge in [0.15, 0.2) is 0 Å². The lowest BCUT2D eigenvalue weighted by atomic mass is 9.82. The minimum absolute atomic E-state index is 0.234. The molecule has 2 heterocycles. The average Bonchev–Trinajstić information content (AvgIpc) is 2.99. The smallest absolute Gasteiger partial charge is 0.0616 e. The van der Waals surface area contributed by atoms with Crippen LogP contribution in [-0.4, -0.2) is 42.8 Å². The molecule has 0 radical (unpaired) electrons. The molecule has 4 unspecified atom stereocenters. The number of nitrogens with two attached hydrogens (primary N) is 1. The van der Waals surface area contributed by atoms with Crippen LogP contribution in [0, 0.1) is 17.8 Å². The van der Waals surface area contributed by atoms with Gasteiger partial charge in [0, 0.05) is 31.8 Å². The van der Waals surface area contributed by atoms with Crippen molar-refractivity contribution in [3.63, 3.8) is 0 Å². The second-order valence-corrected chi connectivity index (χ2v) is 7.39. The first-order valence-corrected chi connectivity index (χ1v) is 8.21. The van der Waals surface area contributed by atoms with Crippen molar-refractivity contribution in [1.82, 2.24) is 4.90 Å². The van der Waals surface area contributed by atoms with Crippen molar-refractivity contribution in [2.45, 2.75) is 57.6 Å². The van der Waals surface area contributed by atoms with Crippen molar-refractivity contribution < 1.29 is 4.74 Å². The number of hydrogen-bond donors (Lipinski definition) is 1. The fourth-order valence-electron chi connectivity index (χ4n) is 4.59. The highest BCUT2D eigenvalue weighted by Gasteiger charge is 2.47. The Balaban J connectivity index is 1.72. The van der Waals surface area contributed by atoms with E-state index in [0.717, 1.165) is 37.8 Å². The standard InChI is InChI=1S/C16H30N2O/c1-12(2)15-8-16(11-17,6-7-19-15)18-9-13-4-3-5-14(13)10-18/h12-15H,3-11,17H2,1-2H3. The Kier molecular flexibility index (Phi) is 3.89. The minimum atomic E-state index is 0.234. The molecule has 3 fully saturated rings. The van der Waals surface area contributed by atoms with E-state index in [-0.39, 0.29) is 5.54 Å². The highest BCUT2D eigenvalue weighted by molar-refractivity contribution is 5.02. The minimum Gasteiger partial charge on any atom is -0.378 e. The Hall–Kier alpha value is -0.120. The van der Waals surface area contributed by atoms with Crippen LogP contribution in [0.2, 0.25) is 0 Å². The molecule has 3 nitrogen and oxygen atoms in total. The van der Waals surface area contributed by atoms with E-state index in [1.54, 1.807) is 0 Å². The van der Waals surface area contributed by atoms with E-state index >= 15 is 0 Å². The topological polar surface area (TPSA) is 38.5 Å². The second-order valence-electron chi connectivity index (χ2n) is 7.39. The van der Waals surface area contributed by atoms with E-state index in [1.165, 1.54) is 32.4 Å². The van der Waals surface area contributed by atoms with Gasteiger partial charge in [-0.1, -0.05) is 20.3 Å². The predicted octanol–water partition coefficient (Wildman–Crippen LogP) is 2.25. The Morgan fingerprint density at radius 3 is 2.53 bits per heavy atom. The zero-order chi connectivity index (χ0) is 13.5. The van der Waals surface area contributed by atoms with Crippen LogP contribution >= 0.6 is 0 Å². The first kappa shape index (κ1) is 13.8. The Morgan fingerprint density at radius 1 is 1.26 bits per heavy atom. The van der Waals surface area contributed by atoms with Gasteiger partial charge in [0.05, 0.1) is 6.10 Å². The monoisotopic (exact) mass is 266 g/mol. The van der Waals surface area contributed by atoms with Crippen LogP contribution in [0.1, 0.15) is 46.0 Å². The molecule has 3 aliphatic rings. The van der Waals surface area contributed by atoms with E-state index in [2.05, 4.69) is 18.7 Å². The molecule has 19 heavy (non-hydrogen) atoms. The highest BCUT2D eigenvalue weighted by Crippen LogP contribution is 2.43. The summed E-state index contributed by atoms with van der Waals surface area (Å²) in [7, 11) is 0. The third kappa shape index (κ3) is 2.45. The molecule has 1 aliphatic carbocycles. The van der Waals surface area contributed by atoms with E-state index in [4.69, 9.17) is 10.5 Å². The zero-order valence-electron chi connectivity index (χ0n) is 12.6. The molecule has 2 aliphatic heterocycles. The molecule has 3 heteroatoms. The van der Waals surface area contributed by atoms with Crippen LogP contribution in [0.3, 0.4) is 0 Å². The Morgan fingerprint density at radius 2 is 1.95 bits per heavy atom. The lowest BCUT2D eigenvalue weighted by molar-refractivity contribution is -0.0838. The fraction of sp³-hybridized carbons (Fsp3) is 1.00. The van der Waals surface area contributed by atoms with Gasteiger partial charge < -0.3 is 10.5 Å². The van der Waals surface area contributed by atoms with Crippen molar-refractivity contribution in [1.29, 1.82) is 0 Å². The Labute approximate surface area is 117 Å². The van der Waals surface area contributed by atoms with Crippen LogP contribution in [0.25, 0.3) is 0 Å². The third-order valence-corrected chi connectivity index (χ3v) is 6.00. The molecule has 0 amide bonds. The van der Waals surface area contributed by atoms with Gasteiger partial charge >= 0.3 is 0 Å². The van der Waals surface area contributed by atoms with E-state index < -0.39 is 0 Å². The number of likely N-dealkylation sites (tertiary alicyclic amines) is 1. The molecule has 0 aromatic carbocycles. The summed E-state index contributed by atoms with van der Waals surface area (Å²) in [6, 6.07) is 0. The number of ether oxygens (including phenoxy) is 1. The Bertz CT molecular complexity index is 308. The molecule has 0 spiro atoms. The van der Waals surface area contributed by atoms with Gasteiger partial charge in [0.2, 0.25) is 0 Å². The van der Waals surface area contributed by atoms with Gasteiger partial charge in [-0.05, 0) is 43.4 Å². The van der Waals surface area contributed by atoms with Gasteiger partial charge in [-0.15, -0.1) is 0 Å². The normalized spacial score (nSPS) is 43.9. The largest absolute Gasteiger partial charge is 0.378 e. The summed E-state index contributed by atoms with van der Waals surface area (Å²) >= 11 is 0. The summed E-state index contributed by atoms with van der Waals surface area (Å²) in [5.41, 5.74) is 6.47. The maximum Gasteiger partial charge on any atom is 0.0616 e. The molecule has 0 aromatic heterocycles. The summed E-state index contributed by atoms with van der Waals surface area (Å²) in [4.78, 5) is 2.75. The van der Waals surface area contributed by atoms with E-state index in [0.29, 0.717) is 12.0 Å². The van der Waals surface area contributed by atoms with Crippen LogP contribution in [0.5, 0.6) is 0 Å². The molecule has 4 atom stereocenters. The average molecular weight is 266 g/mol. The first-order valence-electron chi connectivity index (χ1n) is 8.21. The van der Waals surface area contributed by atoms with Gasteiger partial charge in [0.25, 0.3) is 0 Å². The lowest BCUT2D eigenvalue weighted by Crippen LogP contribution is -2.58. The SMILES string of the molecule is CC(C)C1CC(CN)(N2CC3CCCC3C2)CCO1. The highest BCUT2D eigenvalue weighted by atomic mass is 16.5. The zero-order valence-corrected chi connectivity index (χ0v) is 12.6. The molecular weight excluding hydrogens is 236 g/mol. The summed E-state index contributed by atoms with van der Waals surface area (Å²) < 4.78 is 5.97. The maximum absolute atomic E-state index is 6.23. The summed E-state index contributed by atoms with van der Waals surface area (Å²) in [5, 5.41) is 0. The van der Waals surface area contributed by atoms with Gasteiger partial charge in [-0.2, -0.15) is 0 Å². The summed E-state index contributed by atoms with van der Waals surface area (Å²) in [6.45, 7) is 8.84. The van der Waals surface area contributed by atoms with Crippen LogP contribution in [-0.2, 0) is 4.74 Å². The number of hydrogen-bond acceptors (Lipinski definition) is 3. The number of rotatable bonds is 3. The van der Waals surface area contributed by atoms with Crippen LogP contribution in [0.15, 0.2) is 0 Å². The first-order chi connectivity index (χ1) is 9.14. The van der Waals surface area contributed by atoms with Crippen LogP contribution < -0.4 is 5.73 Å². The maximum atomic E-state index is 6.23. The lowest BCUT2D eigenvalue weighted by Gasteiger charge is -2.47. The molecular formula is C16H30N2O. The third-order valence-electron chi connectivity index (χ3n) is 6.00. The van der Waals surface area contributed by atoms with Crippen molar-refractivity contribution >= 4 is 0 Å². The van der Waals surface area contributed by atoms with Gasteiger partial charge in [-0.3, -0.25) is 4.90 Å². The van der Waals surface area contributed by atoms with Crippen molar-refractivity contribution in [2.75, 3.05) is 26.2 Å². The van der Waals surface area contributed by atoms with Crippen LogP contribution in [0.4, 0.5) is 0 Å². The molecule has 0 aromatic rings. The number of fused-ring (bicyclic) bond motifs is 1. The number of nitrogens with zero attached hydrogens (tertiary/aromatic N) is 1. The van der Waals surface area contributed by atoms with Crippen molar-refractivity contribution in [2.24, 2.45) is 23.5 Å². The second kappa shape index (κ2) is 5.34. The molecule has 2 saturated heterocycles. The molecule has 3 rings (SSSR count). The van der Waals surface area contributed by atoms with Gasteiger partial charge in [-0.25, -0.2) is 0 Å². The molecule has 110 valence electrons. The molecule has 0 bridgehead atoms. The summed E-state index contributed by atoms with van der Waals surface area (Å²) in [6.07, 6.45) is 7.03. The van der Waals surface area contributed by atoms with Crippen molar-refractivity contribution in [3.05, 3.63) is 0 Å². The molecule has 2 N–H and O–H groups in total. The van der Waals surface area contributed by atoms with E-state index in [9.17, 15) is 0 Å².